The molecule has 1 fully saturated rings. The number of rotatable bonds is 4. The molecule has 1 rings (SSSR count). The van der Waals surface area contributed by atoms with Gasteiger partial charge in [-0.05, 0) is 19.3 Å². The zero-order valence-electron chi connectivity index (χ0n) is 8.16. The number of carboxylic acid groups (broad SMARTS) is 1. The van der Waals surface area contributed by atoms with E-state index in [-0.39, 0.29) is 24.5 Å². The van der Waals surface area contributed by atoms with E-state index < -0.39 is 5.97 Å². The maximum absolute atomic E-state index is 11.1. The Morgan fingerprint density at radius 3 is 2.71 bits per heavy atom. The third-order valence-corrected chi connectivity index (χ3v) is 2.42. The Kier molecular flexibility index (Phi) is 3.88. The van der Waals surface area contributed by atoms with Crippen LogP contribution >= 0.6 is 0 Å². The highest BCUT2D eigenvalue weighted by Gasteiger charge is 2.30. The number of carbonyl (C=O) groups excluding carboxylic acids is 1. The summed E-state index contributed by atoms with van der Waals surface area (Å²) in [5, 5.41) is 11.5. The minimum atomic E-state index is -0.770. The topological polar surface area (TPSA) is 75.6 Å². The van der Waals surface area contributed by atoms with E-state index in [1.165, 1.54) is 7.11 Å². The zero-order chi connectivity index (χ0) is 10.6. The van der Waals surface area contributed by atoms with Crippen LogP contribution in [0, 0.1) is 5.92 Å². The molecule has 0 bridgehead atoms. The molecular weight excluding hydrogens is 186 g/mol. The molecule has 5 heteroatoms. The summed E-state index contributed by atoms with van der Waals surface area (Å²) in [5.74, 6) is -1.25. The standard InChI is InChI=1S/C9H15NO4/c1-14-5-8(11)10-7-3-2-6(4-7)9(12)13/h6-7H,2-5H2,1H3,(H,10,11)(H,12,13)/t6-,7+/m0/s1. The number of ether oxygens (including phenoxy) is 1. The van der Waals surface area contributed by atoms with Gasteiger partial charge in [0, 0.05) is 13.2 Å². The van der Waals surface area contributed by atoms with Gasteiger partial charge >= 0.3 is 5.97 Å². The van der Waals surface area contributed by atoms with E-state index in [9.17, 15) is 9.59 Å². The molecule has 0 aromatic carbocycles. The summed E-state index contributed by atoms with van der Waals surface area (Å²) in [5.41, 5.74) is 0. The van der Waals surface area contributed by atoms with Gasteiger partial charge in [-0.2, -0.15) is 0 Å². The predicted octanol–water partition coefficient (Wildman–Crippen LogP) is 0.00230. The molecule has 0 aromatic heterocycles. The van der Waals surface area contributed by atoms with Gasteiger partial charge in [-0.3, -0.25) is 9.59 Å². The Hall–Kier alpha value is -1.10. The highest BCUT2D eigenvalue weighted by atomic mass is 16.5. The van der Waals surface area contributed by atoms with Crippen LogP contribution in [0.1, 0.15) is 19.3 Å². The first-order valence-electron chi connectivity index (χ1n) is 4.64. The van der Waals surface area contributed by atoms with Gasteiger partial charge in [-0.25, -0.2) is 0 Å². The lowest BCUT2D eigenvalue weighted by Crippen LogP contribution is -2.35. The highest BCUT2D eigenvalue weighted by molar-refractivity contribution is 5.77. The van der Waals surface area contributed by atoms with Gasteiger partial charge in [0.05, 0.1) is 5.92 Å². The van der Waals surface area contributed by atoms with Gasteiger partial charge in [0.15, 0.2) is 0 Å². The van der Waals surface area contributed by atoms with E-state index in [2.05, 4.69) is 10.1 Å². The summed E-state index contributed by atoms with van der Waals surface area (Å²) in [7, 11) is 1.45. The average molecular weight is 201 g/mol. The van der Waals surface area contributed by atoms with Crippen LogP contribution in [0.5, 0.6) is 0 Å². The molecule has 2 atom stereocenters. The fourth-order valence-corrected chi connectivity index (χ4v) is 1.74. The van der Waals surface area contributed by atoms with Crippen molar-refractivity contribution in [3.8, 4) is 0 Å². The molecule has 2 N–H and O–H groups in total. The Morgan fingerprint density at radius 1 is 1.50 bits per heavy atom. The number of methoxy groups -OCH3 is 1. The summed E-state index contributed by atoms with van der Waals surface area (Å²) >= 11 is 0. The van der Waals surface area contributed by atoms with Crippen molar-refractivity contribution >= 4 is 11.9 Å². The molecule has 1 aliphatic carbocycles. The summed E-state index contributed by atoms with van der Waals surface area (Å²) in [6.45, 7) is 0.0360. The lowest BCUT2D eigenvalue weighted by atomic mass is 10.1. The van der Waals surface area contributed by atoms with Gasteiger partial charge < -0.3 is 15.2 Å². The maximum Gasteiger partial charge on any atom is 0.306 e. The van der Waals surface area contributed by atoms with E-state index in [4.69, 9.17) is 5.11 Å². The Bertz CT molecular complexity index is 229. The fourth-order valence-electron chi connectivity index (χ4n) is 1.74. The Labute approximate surface area is 82.4 Å². The molecular formula is C9H15NO4. The predicted molar refractivity (Wildman–Crippen MR) is 48.8 cm³/mol. The first-order chi connectivity index (χ1) is 6.63. The fraction of sp³-hybridized carbons (Fsp3) is 0.778. The van der Waals surface area contributed by atoms with Gasteiger partial charge in [0.2, 0.25) is 5.91 Å². The Balaban J connectivity index is 2.28. The average Bonchev–Trinajstić information content (AvgIpc) is 2.53. The molecule has 0 radical (unpaired) electrons. The molecule has 80 valence electrons. The number of hydrogen-bond donors (Lipinski definition) is 2. The second-order valence-corrected chi connectivity index (χ2v) is 3.55. The third-order valence-electron chi connectivity index (χ3n) is 2.42. The molecule has 0 aromatic rings. The number of nitrogens with one attached hydrogen (secondary N) is 1. The lowest BCUT2D eigenvalue weighted by Gasteiger charge is -2.11. The van der Waals surface area contributed by atoms with Crippen LogP contribution in [-0.4, -0.2) is 36.7 Å². The maximum atomic E-state index is 11.1. The van der Waals surface area contributed by atoms with Crippen LogP contribution in [0.4, 0.5) is 0 Å². The molecule has 14 heavy (non-hydrogen) atoms. The molecule has 5 nitrogen and oxygen atoms in total. The van der Waals surface area contributed by atoms with E-state index >= 15 is 0 Å². The van der Waals surface area contributed by atoms with E-state index in [0.717, 1.165) is 6.42 Å². The quantitative estimate of drug-likeness (QED) is 0.671. The molecule has 0 spiro atoms. The SMILES string of the molecule is COCC(=O)N[C@@H]1CC[C@H](C(=O)O)C1. The molecule has 1 amide bonds. The van der Waals surface area contributed by atoms with Crippen LogP contribution in [0.3, 0.4) is 0 Å². The summed E-state index contributed by atoms with van der Waals surface area (Å²) in [6.07, 6.45) is 1.92. The molecule has 1 aliphatic rings. The lowest BCUT2D eigenvalue weighted by molar-refractivity contribution is -0.141. The molecule has 0 aliphatic heterocycles. The largest absolute Gasteiger partial charge is 0.481 e. The van der Waals surface area contributed by atoms with Crippen LogP contribution in [0.15, 0.2) is 0 Å². The zero-order valence-corrected chi connectivity index (χ0v) is 8.16. The van der Waals surface area contributed by atoms with E-state index in [1.54, 1.807) is 0 Å². The molecule has 0 saturated heterocycles. The van der Waals surface area contributed by atoms with Crippen LogP contribution in [0.25, 0.3) is 0 Å². The van der Waals surface area contributed by atoms with E-state index in [1.807, 2.05) is 0 Å². The highest BCUT2D eigenvalue weighted by Crippen LogP contribution is 2.25. The van der Waals surface area contributed by atoms with Crippen molar-refractivity contribution in [1.29, 1.82) is 0 Å². The monoisotopic (exact) mass is 201 g/mol. The van der Waals surface area contributed by atoms with Gasteiger partial charge in [0.1, 0.15) is 6.61 Å². The van der Waals surface area contributed by atoms with Gasteiger partial charge in [-0.1, -0.05) is 0 Å². The van der Waals surface area contributed by atoms with Crippen molar-refractivity contribution < 1.29 is 19.4 Å². The minimum absolute atomic E-state index is 0.00116. The molecule has 0 unspecified atom stereocenters. The molecule has 1 saturated carbocycles. The van der Waals surface area contributed by atoms with Gasteiger partial charge in [0.25, 0.3) is 0 Å². The van der Waals surface area contributed by atoms with Gasteiger partial charge in [-0.15, -0.1) is 0 Å². The number of hydrogen-bond acceptors (Lipinski definition) is 3. The smallest absolute Gasteiger partial charge is 0.306 e. The first-order valence-corrected chi connectivity index (χ1v) is 4.64. The Morgan fingerprint density at radius 2 is 2.21 bits per heavy atom. The first kappa shape index (κ1) is 11.0. The van der Waals surface area contributed by atoms with Crippen molar-refractivity contribution in [2.24, 2.45) is 5.92 Å². The number of aliphatic carboxylic acids is 1. The number of amides is 1. The van der Waals surface area contributed by atoms with Crippen molar-refractivity contribution in [3.05, 3.63) is 0 Å². The van der Waals surface area contributed by atoms with Crippen LogP contribution in [0.2, 0.25) is 0 Å². The summed E-state index contributed by atoms with van der Waals surface area (Å²) in [6, 6.07) is -0.00116. The summed E-state index contributed by atoms with van der Waals surface area (Å²) in [4.78, 5) is 21.7. The summed E-state index contributed by atoms with van der Waals surface area (Å²) < 4.78 is 4.66. The minimum Gasteiger partial charge on any atom is -0.481 e. The van der Waals surface area contributed by atoms with Crippen LogP contribution in [-0.2, 0) is 14.3 Å². The third kappa shape index (κ3) is 2.99. The number of carbonyl (C=O) groups is 2. The van der Waals surface area contributed by atoms with Crippen LogP contribution < -0.4 is 5.32 Å². The normalized spacial score (nSPS) is 26.1. The van der Waals surface area contributed by atoms with E-state index in [0.29, 0.717) is 12.8 Å². The van der Waals surface area contributed by atoms with Crippen molar-refractivity contribution in [2.75, 3.05) is 13.7 Å². The van der Waals surface area contributed by atoms with Crippen molar-refractivity contribution in [3.63, 3.8) is 0 Å². The second-order valence-electron chi connectivity index (χ2n) is 3.55. The molecule has 0 heterocycles. The van der Waals surface area contributed by atoms with Crippen molar-refractivity contribution in [1.82, 2.24) is 5.32 Å². The second kappa shape index (κ2) is 4.95. The number of carboxylic acids is 1. The van der Waals surface area contributed by atoms with Crippen molar-refractivity contribution in [2.45, 2.75) is 25.3 Å².